The molecule has 0 bridgehead atoms. The summed E-state index contributed by atoms with van der Waals surface area (Å²) in [5, 5.41) is 3.28. The Morgan fingerprint density at radius 3 is 2.95 bits per heavy atom. The summed E-state index contributed by atoms with van der Waals surface area (Å²) >= 11 is 7.41. The van der Waals surface area contributed by atoms with E-state index in [2.05, 4.69) is 10.3 Å². The van der Waals surface area contributed by atoms with Crippen LogP contribution in [0.3, 0.4) is 0 Å². The van der Waals surface area contributed by atoms with Crippen molar-refractivity contribution in [2.24, 2.45) is 0 Å². The van der Waals surface area contributed by atoms with Crippen LogP contribution < -0.4 is 5.32 Å². The average molecular weight is 307 g/mol. The molecule has 0 saturated carbocycles. The van der Waals surface area contributed by atoms with Gasteiger partial charge in [0.25, 0.3) is 5.91 Å². The quantitative estimate of drug-likeness (QED) is 0.765. The number of nitrogens with one attached hydrogen (secondary N) is 1. The molecule has 0 aliphatic carbocycles. The van der Waals surface area contributed by atoms with Gasteiger partial charge in [-0.15, -0.1) is 11.3 Å². The van der Waals surface area contributed by atoms with Crippen LogP contribution in [0.15, 0.2) is 41.9 Å². The molecule has 0 unspecified atom stereocenters. The molecule has 20 heavy (non-hydrogen) atoms. The number of carbonyl (C=O) groups is 1. The van der Waals surface area contributed by atoms with Crippen LogP contribution in [0, 0.1) is 5.82 Å². The van der Waals surface area contributed by atoms with Gasteiger partial charge in [-0.2, -0.15) is 0 Å². The van der Waals surface area contributed by atoms with E-state index in [1.165, 1.54) is 29.5 Å². The zero-order valence-corrected chi connectivity index (χ0v) is 11.6. The minimum Gasteiger partial charge on any atom is -0.321 e. The predicted octanol–water partition coefficient (Wildman–Crippen LogP) is 4.34. The molecule has 0 fully saturated rings. The highest BCUT2D eigenvalue weighted by molar-refractivity contribution is 7.17. The molecule has 100 valence electrons. The van der Waals surface area contributed by atoms with Crippen LogP contribution in [-0.4, -0.2) is 10.9 Å². The van der Waals surface area contributed by atoms with Crippen LogP contribution in [0.5, 0.6) is 0 Å². The topological polar surface area (TPSA) is 42.0 Å². The summed E-state index contributed by atoms with van der Waals surface area (Å²) < 4.78 is 13.9. The number of hydrogen-bond acceptors (Lipinski definition) is 3. The van der Waals surface area contributed by atoms with E-state index in [1.807, 2.05) is 0 Å². The maximum Gasteiger partial charge on any atom is 0.255 e. The summed E-state index contributed by atoms with van der Waals surface area (Å²) in [4.78, 5) is 16.2. The molecular formula is C14H8ClFN2OS. The highest BCUT2D eigenvalue weighted by atomic mass is 35.5. The zero-order chi connectivity index (χ0) is 14.1. The number of aromatic nitrogens is 1. The summed E-state index contributed by atoms with van der Waals surface area (Å²) in [7, 11) is 0. The highest BCUT2D eigenvalue weighted by Gasteiger charge is 2.12. The first-order valence-corrected chi connectivity index (χ1v) is 6.99. The van der Waals surface area contributed by atoms with E-state index in [9.17, 15) is 9.18 Å². The van der Waals surface area contributed by atoms with Crippen molar-refractivity contribution in [2.75, 3.05) is 5.32 Å². The van der Waals surface area contributed by atoms with Crippen LogP contribution in [0.25, 0.3) is 10.2 Å². The van der Waals surface area contributed by atoms with Gasteiger partial charge in [-0.25, -0.2) is 9.37 Å². The fourth-order valence-electron chi connectivity index (χ4n) is 1.84. The molecule has 3 rings (SSSR count). The molecule has 3 nitrogen and oxygen atoms in total. The molecule has 2 aromatic carbocycles. The molecule has 3 aromatic rings. The van der Waals surface area contributed by atoms with Gasteiger partial charge >= 0.3 is 0 Å². The van der Waals surface area contributed by atoms with Gasteiger partial charge in [0, 0.05) is 5.56 Å². The molecule has 1 amide bonds. The van der Waals surface area contributed by atoms with Crippen molar-refractivity contribution < 1.29 is 9.18 Å². The standard InChI is InChI=1S/C14H8ClFN2OS/c15-10-4-5-11(13-12(10)17-7-20-13)18-14(19)8-2-1-3-9(16)6-8/h1-7H,(H,18,19). The molecule has 0 spiro atoms. The summed E-state index contributed by atoms with van der Waals surface area (Å²) in [6.45, 7) is 0. The van der Waals surface area contributed by atoms with Gasteiger partial charge < -0.3 is 5.32 Å². The minimum atomic E-state index is -0.448. The van der Waals surface area contributed by atoms with Gasteiger partial charge in [-0.05, 0) is 30.3 Å². The summed E-state index contributed by atoms with van der Waals surface area (Å²) in [5.41, 5.74) is 3.18. The Balaban J connectivity index is 1.95. The fourth-order valence-corrected chi connectivity index (χ4v) is 2.89. The van der Waals surface area contributed by atoms with Crippen molar-refractivity contribution >= 4 is 44.7 Å². The predicted molar refractivity (Wildman–Crippen MR) is 79.0 cm³/mol. The first kappa shape index (κ1) is 13.0. The SMILES string of the molecule is O=C(Nc1ccc(Cl)c2ncsc12)c1cccc(F)c1. The number of nitrogens with zero attached hydrogens (tertiary/aromatic N) is 1. The van der Waals surface area contributed by atoms with Gasteiger partial charge in [0.15, 0.2) is 0 Å². The number of thiazole rings is 1. The van der Waals surface area contributed by atoms with Crippen molar-refractivity contribution in [1.29, 1.82) is 0 Å². The molecule has 1 heterocycles. The maximum atomic E-state index is 13.1. The summed E-state index contributed by atoms with van der Waals surface area (Å²) in [5.74, 6) is -0.821. The molecule has 6 heteroatoms. The summed E-state index contributed by atoms with van der Waals surface area (Å²) in [6.07, 6.45) is 0. The van der Waals surface area contributed by atoms with E-state index in [0.29, 0.717) is 16.2 Å². The lowest BCUT2D eigenvalue weighted by Crippen LogP contribution is -2.12. The van der Waals surface area contributed by atoms with Crippen molar-refractivity contribution in [3.8, 4) is 0 Å². The lowest BCUT2D eigenvalue weighted by atomic mass is 10.2. The van der Waals surface area contributed by atoms with Gasteiger partial charge in [0.1, 0.15) is 11.3 Å². The maximum absolute atomic E-state index is 13.1. The largest absolute Gasteiger partial charge is 0.321 e. The second-order valence-corrected chi connectivity index (χ2v) is 5.35. The monoisotopic (exact) mass is 306 g/mol. The molecule has 1 N–H and O–H groups in total. The number of carbonyl (C=O) groups excluding carboxylic acids is 1. The van der Waals surface area contributed by atoms with Crippen LogP contribution in [0.1, 0.15) is 10.4 Å². The Kier molecular flexibility index (Phi) is 3.38. The third-order valence-corrected chi connectivity index (χ3v) is 3.93. The Bertz CT molecular complexity index is 803. The van der Waals surface area contributed by atoms with Crippen LogP contribution in [0.2, 0.25) is 5.02 Å². The fraction of sp³-hybridized carbons (Fsp3) is 0. The van der Waals surface area contributed by atoms with E-state index in [1.54, 1.807) is 23.7 Å². The third-order valence-electron chi connectivity index (χ3n) is 2.77. The van der Waals surface area contributed by atoms with Crippen molar-refractivity contribution in [1.82, 2.24) is 4.98 Å². The number of rotatable bonds is 2. The molecule has 0 saturated heterocycles. The first-order chi connectivity index (χ1) is 9.65. The van der Waals surface area contributed by atoms with E-state index < -0.39 is 5.82 Å². The lowest BCUT2D eigenvalue weighted by Gasteiger charge is -2.06. The molecule has 0 atom stereocenters. The number of anilines is 1. The van der Waals surface area contributed by atoms with Crippen LogP contribution >= 0.6 is 22.9 Å². The Morgan fingerprint density at radius 1 is 1.30 bits per heavy atom. The lowest BCUT2D eigenvalue weighted by molar-refractivity contribution is 0.102. The Morgan fingerprint density at radius 2 is 2.15 bits per heavy atom. The van der Waals surface area contributed by atoms with Crippen LogP contribution in [-0.2, 0) is 0 Å². The first-order valence-electron chi connectivity index (χ1n) is 5.74. The normalized spacial score (nSPS) is 10.7. The number of benzene rings is 2. The smallest absolute Gasteiger partial charge is 0.255 e. The average Bonchev–Trinajstić information content (AvgIpc) is 2.92. The Labute approximate surface area is 123 Å². The van der Waals surface area contributed by atoms with Crippen molar-refractivity contribution in [2.45, 2.75) is 0 Å². The van der Waals surface area contributed by atoms with Gasteiger partial charge in [-0.1, -0.05) is 17.7 Å². The third kappa shape index (κ3) is 2.37. The summed E-state index contributed by atoms with van der Waals surface area (Å²) in [6, 6.07) is 8.91. The molecule has 0 aliphatic rings. The number of amides is 1. The zero-order valence-electron chi connectivity index (χ0n) is 10.1. The van der Waals surface area contributed by atoms with E-state index >= 15 is 0 Å². The second kappa shape index (κ2) is 5.19. The van der Waals surface area contributed by atoms with E-state index in [-0.39, 0.29) is 11.5 Å². The Hall–Kier alpha value is -1.98. The van der Waals surface area contributed by atoms with Crippen LogP contribution in [0.4, 0.5) is 10.1 Å². The van der Waals surface area contributed by atoms with E-state index in [4.69, 9.17) is 11.6 Å². The number of halogens is 2. The number of hydrogen-bond donors (Lipinski definition) is 1. The van der Waals surface area contributed by atoms with Crippen molar-refractivity contribution in [3.05, 3.63) is 58.3 Å². The number of fused-ring (bicyclic) bond motifs is 1. The van der Waals surface area contributed by atoms with Gasteiger partial charge in [0.2, 0.25) is 0 Å². The molecule has 0 radical (unpaired) electrons. The highest BCUT2D eigenvalue weighted by Crippen LogP contribution is 2.32. The van der Waals surface area contributed by atoms with Crippen molar-refractivity contribution in [3.63, 3.8) is 0 Å². The van der Waals surface area contributed by atoms with Gasteiger partial charge in [-0.3, -0.25) is 4.79 Å². The molecule has 1 aromatic heterocycles. The van der Waals surface area contributed by atoms with E-state index in [0.717, 1.165) is 4.70 Å². The second-order valence-electron chi connectivity index (χ2n) is 4.09. The minimum absolute atomic E-state index is 0.262. The van der Waals surface area contributed by atoms with Gasteiger partial charge in [0.05, 0.1) is 20.9 Å². The molecular weight excluding hydrogens is 299 g/mol. The molecule has 0 aliphatic heterocycles.